The first-order valence-corrected chi connectivity index (χ1v) is 7.77. The average molecular weight is 268 g/mol. The van der Waals surface area contributed by atoms with Crippen LogP contribution in [0.25, 0.3) is 0 Å². The van der Waals surface area contributed by atoms with Crippen molar-refractivity contribution in [3.63, 3.8) is 0 Å². The van der Waals surface area contributed by atoms with Crippen molar-refractivity contribution in [3.8, 4) is 0 Å². The summed E-state index contributed by atoms with van der Waals surface area (Å²) in [7, 11) is 0. The van der Waals surface area contributed by atoms with Crippen molar-refractivity contribution < 1.29 is 9.50 Å². The lowest BCUT2D eigenvalue weighted by Gasteiger charge is -2.22. The van der Waals surface area contributed by atoms with Gasteiger partial charge in [0, 0.05) is 11.0 Å². The normalized spacial score (nSPS) is 18.8. The Bertz CT molecular complexity index is 388. The molecule has 3 heteroatoms. The number of aliphatic hydroxyl groups excluding tert-OH is 1. The highest BCUT2D eigenvalue weighted by Crippen LogP contribution is 2.31. The molecule has 0 amide bonds. The van der Waals surface area contributed by atoms with E-state index in [4.69, 9.17) is 0 Å². The summed E-state index contributed by atoms with van der Waals surface area (Å²) in [5.74, 6) is 0.515. The van der Waals surface area contributed by atoms with Crippen molar-refractivity contribution in [2.45, 2.75) is 50.4 Å². The van der Waals surface area contributed by atoms with Gasteiger partial charge in [-0.05, 0) is 37.0 Å². The summed E-state index contributed by atoms with van der Waals surface area (Å²) in [5, 5.41) is 10.8. The summed E-state index contributed by atoms with van der Waals surface area (Å²) in [6.07, 6.45) is 6.08. The third-order valence-corrected chi connectivity index (χ3v) is 5.06. The molecule has 1 aliphatic rings. The van der Waals surface area contributed by atoms with Crippen LogP contribution in [0.1, 0.15) is 49.3 Å². The second-order valence-electron chi connectivity index (χ2n) is 5.12. The Hall–Kier alpha value is -0.540. The van der Waals surface area contributed by atoms with E-state index in [1.54, 1.807) is 19.1 Å². The number of halogens is 1. The number of rotatable bonds is 4. The standard InChI is InChI=1S/C15H21FOS/c1-11-9-12(7-8-14(11)16)15(17)10-18-13-5-3-2-4-6-13/h7-9,13,15,17H,2-6,10H2,1H3. The summed E-state index contributed by atoms with van der Waals surface area (Å²) in [6, 6.07) is 4.88. The Morgan fingerprint density at radius 2 is 2.06 bits per heavy atom. The molecule has 1 aromatic rings. The fourth-order valence-electron chi connectivity index (χ4n) is 2.43. The molecular weight excluding hydrogens is 247 g/mol. The second-order valence-corrected chi connectivity index (χ2v) is 6.45. The summed E-state index contributed by atoms with van der Waals surface area (Å²) in [5.41, 5.74) is 1.44. The fraction of sp³-hybridized carbons (Fsp3) is 0.600. The Morgan fingerprint density at radius 3 is 2.72 bits per heavy atom. The predicted molar refractivity (Wildman–Crippen MR) is 75.4 cm³/mol. The maximum absolute atomic E-state index is 13.2. The van der Waals surface area contributed by atoms with Crippen LogP contribution in [0.5, 0.6) is 0 Å². The van der Waals surface area contributed by atoms with Crippen LogP contribution in [0, 0.1) is 12.7 Å². The van der Waals surface area contributed by atoms with Gasteiger partial charge in [0.15, 0.2) is 0 Å². The minimum atomic E-state index is -0.476. The molecule has 0 aromatic heterocycles. The predicted octanol–water partition coefficient (Wildman–Crippen LogP) is 4.23. The molecule has 1 atom stereocenters. The highest BCUT2D eigenvalue weighted by Gasteiger charge is 2.16. The summed E-state index contributed by atoms with van der Waals surface area (Å²) < 4.78 is 13.2. The van der Waals surface area contributed by atoms with Gasteiger partial charge in [-0.15, -0.1) is 0 Å². The number of thioether (sulfide) groups is 1. The molecule has 1 N–H and O–H groups in total. The third-order valence-electron chi connectivity index (χ3n) is 3.61. The van der Waals surface area contributed by atoms with Crippen molar-refractivity contribution in [2.24, 2.45) is 0 Å². The van der Waals surface area contributed by atoms with Gasteiger partial charge in [0.25, 0.3) is 0 Å². The van der Waals surface area contributed by atoms with Crippen molar-refractivity contribution in [1.29, 1.82) is 0 Å². The molecule has 1 aromatic carbocycles. The number of hydrogen-bond acceptors (Lipinski definition) is 2. The van der Waals surface area contributed by atoms with E-state index < -0.39 is 6.10 Å². The molecule has 1 nitrogen and oxygen atoms in total. The van der Waals surface area contributed by atoms with Crippen LogP contribution >= 0.6 is 11.8 Å². The van der Waals surface area contributed by atoms with E-state index >= 15 is 0 Å². The zero-order valence-electron chi connectivity index (χ0n) is 10.9. The molecule has 18 heavy (non-hydrogen) atoms. The van der Waals surface area contributed by atoms with Crippen molar-refractivity contribution >= 4 is 11.8 Å². The van der Waals surface area contributed by atoms with Gasteiger partial charge in [0.2, 0.25) is 0 Å². The van der Waals surface area contributed by atoms with Gasteiger partial charge in [-0.1, -0.05) is 31.4 Å². The zero-order valence-corrected chi connectivity index (χ0v) is 11.7. The number of benzene rings is 1. The molecule has 0 heterocycles. The molecule has 0 radical (unpaired) electrons. The van der Waals surface area contributed by atoms with Crippen LogP contribution in [0.2, 0.25) is 0 Å². The van der Waals surface area contributed by atoms with Crippen LogP contribution in [0.4, 0.5) is 4.39 Å². The molecular formula is C15H21FOS. The Balaban J connectivity index is 1.86. The Labute approximate surface area is 113 Å². The maximum Gasteiger partial charge on any atom is 0.126 e. The molecule has 0 aliphatic heterocycles. The van der Waals surface area contributed by atoms with Crippen LogP contribution in [-0.4, -0.2) is 16.1 Å². The van der Waals surface area contributed by atoms with Crippen LogP contribution in [-0.2, 0) is 0 Å². The second kappa shape index (κ2) is 6.58. The van der Waals surface area contributed by atoms with Crippen molar-refractivity contribution in [1.82, 2.24) is 0 Å². The van der Waals surface area contributed by atoms with E-state index in [1.165, 1.54) is 38.2 Å². The highest BCUT2D eigenvalue weighted by molar-refractivity contribution is 7.99. The lowest BCUT2D eigenvalue weighted by Crippen LogP contribution is -2.11. The van der Waals surface area contributed by atoms with Gasteiger partial charge in [0.1, 0.15) is 5.82 Å². The van der Waals surface area contributed by atoms with E-state index in [2.05, 4.69) is 0 Å². The minimum Gasteiger partial charge on any atom is -0.388 e. The average Bonchev–Trinajstić information content (AvgIpc) is 2.40. The smallest absolute Gasteiger partial charge is 0.126 e. The first-order chi connectivity index (χ1) is 8.66. The van der Waals surface area contributed by atoms with Crippen LogP contribution < -0.4 is 0 Å². The Kier molecular flexibility index (Phi) is 5.07. The molecule has 1 saturated carbocycles. The van der Waals surface area contributed by atoms with Gasteiger partial charge >= 0.3 is 0 Å². The van der Waals surface area contributed by atoms with Crippen molar-refractivity contribution in [2.75, 3.05) is 5.75 Å². The molecule has 0 bridgehead atoms. The SMILES string of the molecule is Cc1cc(C(O)CSC2CCCCC2)ccc1F. The molecule has 0 spiro atoms. The molecule has 100 valence electrons. The molecule has 0 saturated heterocycles. The molecule has 1 fully saturated rings. The van der Waals surface area contributed by atoms with Crippen LogP contribution in [0.3, 0.4) is 0 Å². The summed E-state index contributed by atoms with van der Waals surface area (Å²) in [4.78, 5) is 0. The van der Waals surface area contributed by atoms with E-state index in [-0.39, 0.29) is 5.82 Å². The van der Waals surface area contributed by atoms with Gasteiger partial charge < -0.3 is 5.11 Å². The van der Waals surface area contributed by atoms with Gasteiger partial charge in [-0.3, -0.25) is 0 Å². The molecule has 1 unspecified atom stereocenters. The number of aryl methyl sites for hydroxylation is 1. The van der Waals surface area contributed by atoms with E-state index in [1.807, 2.05) is 11.8 Å². The van der Waals surface area contributed by atoms with Crippen LogP contribution in [0.15, 0.2) is 18.2 Å². The first-order valence-electron chi connectivity index (χ1n) is 6.72. The fourth-order valence-corrected chi connectivity index (χ4v) is 3.74. The maximum atomic E-state index is 13.2. The summed E-state index contributed by atoms with van der Waals surface area (Å²) in [6.45, 7) is 1.74. The van der Waals surface area contributed by atoms with Crippen molar-refractivity contribution in [3.05, 3.63) is 35.1 Å². The third kappa shape index (κ3) is 3.72. The Morgan fingerprint density at radius 1 is 1.33 bits per heavy atom. The molecule has 1 aliphatic carbocycles. The van der Waals surface area contributed by atoms with E-state index in [0.717, 1.165) is 11.3 Å². The minimum absolute atomic E-state index is 0.203. The summed E-state index contributed by atoms with van der Waals surface area (Å²) >= 11 is 1.87. The monoisotopic (exact) mass is 268 g/mol. The topological polar surface area (TPSA) is 20.2 Å². The largest absolute Gasteiger partial charge is 0.388 e. The highest BCUT2D eigenvalue weighted by atomic mass is 32.2. The quantitative estimate of drug-likeness (QED) is 0.881. The first kappa shape index (κ1) is 13.9. The lowest BCUT2D eigenvalue weighted by molar-refractivity contribution is 0.203. The van der Waals surface area contributed by atoms with Gasteiger partial charge in [-0.2, -0.15) is 11.8 Å². The van der Waals surface area contributed by atoms with E-state index in [9.17, 15) is 9.50 Å². The number of aliphatic hydroxyl groups is 1. The van der Waals surface area contributed by atoms with Gasteiger partial charge in [-0.25, -0.2) is 4.39 Å². The lowest BCUT2D eigenvalue weighted by atomic mass is 10.0. The zero-order chi connectivity index (χ0) is 13.0. The molecule has 2 rings (SSSR count). The number of hydrogen-bond donors (Lipinski definition) is 1. The van der Waals surface area contributed by atoms with E-state index in [0.29, 0.717) is 10.8 Å². The van der Waals surface area contributed by atoms with Gasteiger partial charge in [0.05, 0.1) is 6.10 Å².